The van der Waals surface area contributed by atoms with Crippen LogP contribution in [0.25, 0.3) is 0 Å². The lowest BCUT2D eigenvalue weighted by molar-refractivity contribution is -0.0384. The van der Waals surface area contributed by atoms with Crippen molar-refractivity contribution in [2.75, 3.05) is 19.6 Å². The standard InChI is InChI=1S/C9H19NO2/c1-2-3-5-10-6-4-8(11)9(12)7-10/h8-9,11-12H,2-7H2,1H3/t8-,9-/m0/s1. The molecule has 0 amide bonds. The van der Waals surface area contributed by atoms with E-state index in [4.69, 9.17) is 0 Å². The molecule has 0 spiro atoms. The number of hydrogen-bond donors (Lipinski definition) is 2. The Morgan fingerprint density at radius 2 is 2.08 bits per heavy atom. The summed E-state index contributed by atoms with van der Waals surface area (Å²) in [5, 5.41) is 18.6. The molecule has 1 rings (SSSR count). The zero-order valence-corrected chi connectivity index (χ0v) is 7.74. The lowest BCUT2D eigenvalue weighted by Crippen LogP contribution is -2.46. The first-order chi connectivity index (χ1) is 5.74. The first-order valence-corrected chi connectivity index (χ1v) is 4.82. The summed E-state index contributed by atoms with van der Waals surface area (Å²) in [6.07, 6.45) is 2.06. The van der Waals surface area contributed by atoms with Gasteiger partial charge in [0.25, 0.3) is 0 Å². The minimum Gasteiger partial charge on any atom is -0.390 e. The molecule has 12 heavy (non-hydrogen) atoms. The number of likely N-dealkylation sites (tertiary alicyclic amines) is 1. The molecule has 1 aliphatic rings. The minimum atomic E-state index is -0.532. The number of β-amino-alcohol motifs (C(OH)–C–C–N with tert-alkyl or cyclic N) is 1. The van der Waals surface area contributed by atoms with Gasteiger partial charge in [0.2, 0.25) is 0 Å². The highest BCUT2D eigenvalue weighted by molar-refractivity contribution is 4.78. The second-order valence-electron chi connectivity index (χ2n) is 3.58. The van der Waals surface area contributed by atoms with Crippen LogP contribution in [0.4, 0.5) is 0 Å². The smallest absolute Gasteiger partial charge is 0.0926 e. The minimum absolute atomic E-state index is 0.497. The number of unbranched alkanes of at least 4 members (excludes halogenated alkanes) is 1. The first-order valence-electron chi connectivity index (χ1n) is 4.82. The number of hydrogen-bond acceptors (Lipinski definition) is 3. The van der Waals surface area contributed by atoms with E-state index in [1.54, 1.807) is 0 Å². The van der Waals surface area contributed by atoms with Gasteiger partial charge in [-0.3, -0.25) is 0 Å². The van der Waals surface area contributed by atoms with Crippen LogP contribution >= 0.6 is 0 Å². The molecule has 1 heterocycles. The van der Waals surface area contributed by atoms with Crippen LogP contribution in [-0.2, 0) is 0 Å². The summed E-state index contributed by atoms with van der Waals surface area (Å²) in [5.74, 6) is 0. The summed E-state index contributed by atoms with van der Waals surface area (Å²) in [6.45, 7) is 4.79. The molecule has 0 aromatic carbocycles. The van der Waals surface area contributed by atoms with Crippen LogP contribution in [0.5, 0.6) is 0 Å². The predicted octanol–water partition coefficient (Wildman–Crippen LogP) is 0.214. The monoisotopic (exact) mass is 173 g/mol. The van der Waals surface area contributed by atoms with Gasteiger partial charge in [0.1, 0.15) is 0 Å². The molecule has 3 heteroatoms. The summed E-state index contributed by atoms with van der Waals surface area (Å²) in [7, 11) is 0. The molecule has 0 bridgehead atoms. The zero-order chi connectivity index (χ0) is 8.97. The summed E-state index contributed by atoms with van der Waals surface area (Å²) in [4.78, 5) is 2.22. The van der Waals surface area contributed by atoms with E-state index in [0.717, 1.165) is 13.1 Å². The Bertz CT molecular complexity index is 128. The van der Waals surface area contributed by atoms with E-state index in [2.05, 4.69) is 11.8 Å². The molecule has 0 unspecified atom stereocenters. The average molecular weight is 173 g/mol. The largest absolute Gasteiger partial charge is 0.390 e. The van der Waals surface area contributed by atoms with Crippen molar-refractivity contribution in [3.63, 3.8) is 0 Å². The van der Waals surface area contributed by atoms with Gasteiger partial charge in [-0.2, -0.15) is 0 Å². The van der Waals surface area contributed by atoms with Gasteiger partial charge in [-0.15, -0.1) is 0 Å². The van der Waals surface area contributed by atoms with Crippen LogP contribution in [-0.4, -0.2) is 47.0 Å². The maximum atomic E-state index is 9.36. The Morgan fingerprint density at radius 1 is 1.33 bits per heavy atom. The van der Waals surface area contributed by atoms with Gasteiger partial charge in [-0.25, -0.2) is 0 Å². The first kappa shape index (κ1) is 9.96. The molecule has 2 N–H and O–H groups in total. The summed E-state index contributed by atoms with van der Waals surface area (Å²) in [5.41, 5.74) is 0. The highest BCUT2D eigenvalue weighted by Gasteiger charge is 2.24. The van der Waals surface area contributed by atoms with Crippen molar-refractivity contribution >= 4 is 0 Å². The van der Waals surface area contributed by atoms with Crippen molar-refractivity contribution in [2.45, 2.75) is 38.4 Å². The van der Waals surface area contributed by atoms with Crippen LogP contribution in [0.3, 0.4) is 0 Å². The summed E-state index contributed by atoms with van der Waals surface area (Å²) in [6, 6.07) is 0. The van der Waals surface area contributed by atoms with E-state index in [1.807, 2.05) is 0 Å². The maximum Gasteiger partial charge on any atom is 0.0926 e. The quantitative estimate of drug-likeness (QED) is 0.641. The zero-order valence-electron chi connectivity index (χ0n) is 7.74. The van der Waals surface area contributed by atoms with Gasteiger partial charge < -0.3 is 15.1 Å². The van der Waals surface area contributed by atoms with Crippen molar-refractivity contribution in [3.8, 4) is 0 Å². The molecule has 1 aliphatic heterocycles. The fourth-order valence-electron chi connectivity index (χ4n) is 1.57. The number of rotatable bonds is 3. The van der Waals surface area contributed by atoms with Crippen molar-refractivity contribution in [3.05, 3.63) is 0 Å². The highest BCUT2D eigenvalue weighted by Crippen LogP contribution is 2.11. The van der Waals surface area contributed by atoms with E-state index >= 15 is 0 Å². The normalized spacial score (nSPS) is 32.2. The van der Waals surface area contributed by atoms with Crippen molar-refractivity contribution < 1.29 is 10.2 Å². The predicted molar refractivity (Wildman–Crippen MR) is 48.0 cm³/mol. The molecule has 1 fully saturated rings. The molecule has 2 atom stereocenters. The van der Waals surface area contributed by atoms with E-state index in [9.17, 15) is 10.2 Å². The van der Waals surface area contributed by atoms with Crippen molar-refractivity contribution in [1.29, 1.82) is 0 Å². The van der Waals surface area contributed by atoms with Gasteiger partial charge in [0.15, 0.2) is 0 Å². The molecule has 0 aromatic rings. The molecule has 0 saturated carbocycles. The second kappa shape index (κ2) is 4.80. The van der Waals surface area contributed by atoms with Crippen LogP contribution in [0, 0.1) is 0 Å². The Balaban J connectivity index is 2.21. The average Bonchev–Trinajstić information content (AvgIpc) is 2.07. The number of aliphatic hydroxyl groups is 2. The van der Waals surface area contributed by atoms with E-state index in [1.165, 1.54) is 12.8 Å². The third-order valence-electron chi connectivity index (χ3n) is 2.46. The second-order valence-corrected chi connectivity index (χ2v) is 3.58. The molecule has 0 radical (unpaired) electrons. The fourth-order valence-corrected chi connectivity index (χ4v) is 1.57. The van der Waals surface area contributed by atoms with Crippen molar-refractivity contribution in [2.24, 2.45) is 0 Å². The molecular formula is C9H19NO2. The summed E-state index contributed by atoms with van der Waals surface area (Å²) >= 11 is 0. The Kier molecular flexibility index (Phi) is 3.98. The number of nitrogens with zero attached hydrogens (tertiary/aromatic N) is 1. The van der Waals surface area contributed by atoms with Crippen LogP contribution < -0.4 is 0 Å². The molecule has 3 nitrogen and oxygen atoms in total. The van der Waals surface area contributed by atoms with Crippen molar-refractivity contribution in [1.82, 2.24) is 4.90 Å². The molecule has 0 aromatic heterocycles. The lowest BCUT2D eigenvalue weighted by Gasteiger charge is -2.33. The van der Waals surface area contributed by atoms with Crippen LogP contribution in [0.1, 0.15) is 26.2 Å². The van der Waals surface area contributed by atoms with E-state index in [-0.39, 0.29) is 0 Å². The molecule has 0 aliphatic carbocycles. The third kappa shape index (κ3) is 2.73. The third-order valence-corrected chi connectivity index (χ3v) is 2.46. The summed E-state index contributed by atoms with van der Waals surface area (Å²) < 4.78 is 0. The number of aliphatic hydroxyl groups excluding tert-OH is 2. The van der Waals surface area contributed by atoms with Gasteiger partial charge in [-0.1, -0.05) is 13.3 Å². The lowest BCUT2D eigenvalue weighted by atomic mass is 10.0. The SMILES string of the molecule is CCCCN1CC[C@H](O)[C@@H](O)C1. The van der Waals surface area contributed by atoms with Crippen LogP contribution in [0.15, 0.2) is 0 Å². The van der Waals surface area contributed by atoms with Gasteiger partial charge in [0.05, 0.1) is 12.2 Å². The van der Waals surface area contributed by atoms with Gasteiger partial charge >= 0.3 is 0 Å². The van der Waals surface area contributed by atoms with Gasteiger partial charge in [0, 0.05) is 13.1 Å². The maximum absolute atomic E-state index is 9.36. The molecular weight excluding hydrogens is 154 g/mol. The topological polar surface area (TPSA) is 43.7 Å². The number of piperidine rings is 1. The van der Waals surface area contributed by atoms with Crippen LogP contribution in [0.2, 0.25) is 0 Å². The van der Waals surface area contributed by atoms with E-state index < -0.39 is 12.2 Å². The highest BCUT2D eigenvalue weighted by atomic mass is 16.3. The van der Waals surface area contributed by atoms with Gasteiger partial charge in [-0.05, 0) is 19.4 Å². The Labute approximate surface area is 74.0 Å². The molecule has 1 saturated heterocycles. The Hall–Kier alpha value is -0.120. The molecule has 72 valence electrons. The fraction of sp³-hybridized carbons (Fsp3) is 1.00. The van der Waals surface area contributed by atoms with E-state index in [0.29, 0.717) is 13.0 Å². The Morgan fingerprint density at radius 3 is 2.67 bits per heavy atom.